The first-order valence-corrected chi connectivity index (χ1v) is 10.1. The maximum atomic E-state index is 12.6. The van der Waals surface area contributed by atoms with E-state index in [9.17, 15) is 14.7 Å². The smallest absolute Gasteiger partial charge is 0.251 e. The van der Waals surface area contributed by atoms with Crippen molar-refractivity contribution in [2.24, 2.45) is 5.92 Å². The fourth-order valence-corrected chi connectivity index (χ4v) is 3.44. The molecule has 1 saturated heterocycles. The molecule has 0 aliphatic carbocycles. The van der Waals surface area contributed by atoms with E-state index >= 15 is 0 Å². The van der Waals surface area contributed by atoms with Crippen molar-refractivity contribution in [1.82, 2.24) is 10.2 Å². The number of phenolic OH excluding ortho intramolecular Hbond substituents is 1. The number of aromatic hydroxyl groups is 1. The summed E-state index contributed by atoms with van der Waals surface area (Å²) in [4.78, 5) is 26.8. The Morgan fingerprint density at radius 1 is 1.10 bits per heavy atom. The van der Waals surface area contributed by atoms with Gasteiger partial charge in [0.1, 0.15) is 5.75 Å². The van der Waals surface area contributed by atoms with Crippen LogP contribution < -0.4 is 10.6 Å². The van der Waals surface area contributed by atoms with Gasteiger partial charge in [-0.2, -0.15) is 0 Å². The van der Waals surface area contributed by atoms with E-state index in [0.29, 0.717) is 11.3 Å². The van der Waals surface area contributed by atoms with Crippen LogP contribution in [0.25, 0.3) is 0 Å². The average Bonchev–Trinajstić information content (AvgIpc) is 2.69. The third-order valence-corrected chi connectivity index (χ3v) is 5.16. The van der Waals surface area contributed by atoms with Gasteiger partial charge in [0.05, 0.1) is 0 Å². The Balaban J connectivity index is 1.50. The molecule has 154 valence electrons. The molecular formula is C23H29N3O3. The molecular weight excluding hydrogens is 366 g/mol. The highest BCUT2D eigenvalue weighted by molar-refractivity contribution is 5.97. The molecule has 6 nitrogen and oxygen atoms in total. The second kappa shape index (κ2) is 9.56. The first-order valence-electron chi connectivity index (χ1n) is 10.1. The highest BCUT2D eigenvalue weighted by Gasteiger charge is 2.21. The minimum absolute atomic E-state index is 0.0679. The number of rotatable bonds is 6. The first kappa shape index (κ1) is 20.9. The molecule has 2 amide bonds. The van der Waals surface area contributed by atoms with Crippen LogP contribution in [0.5, 0.6) is 5.75 Å². The van der Waals surface area contributed by atoms with Gasteiger partial charge in [0.25, 0.3) is 5.91 Å². The van der Waals surface area contributed by atoms with Gasteiger partial charge < -0.3 is 15.7 Å². The van der Waals surface area contributed by atoms with E-state index in [-0.39, 0.29) is 29.5 Å². The molecule has 0 saturated carbocycles. The second-order valence-corrected chi connectivity index (χ2v) is 7.92. The zero-order chi connectivity index (χ0) is 20.8. The second-order valence-electron chi connectivity index (χ2n) is 7.92. The van der Waals surface area contributed by atoms with E-state index in [2.05, 4.69) is 15.5 Å². The maximum absolute atomic E-state index is 12.6. The normalized spacial score (nSPS) is 15.3. The highest BCUT2D eigenvalue weighted by Crippen LogP contribution is 2.18. The van der Waals surface area contributed by atoms with Crippen LogP contribution in [0, 0.1) is 5.92 Å². The van der Waals surface area contributed by atoms with Gasteiger partial charge in [-0.05, 0) is 48.7 Å². The predicted octanol–water partition coefficient (Wildman–Crippen LogP) is 3.38. The summed E-state index contributed by atoms with van der Waals surface area (Å²) in [5.74, 6) is -0.00673. The molecule has 6 heteroatoms. The molecule has 0 aromatic heterocycles. The Bertz CT molecular complexity index is 858. The van der Waals surface area contributed by atoms with Gasteiger partial charge in [-0.3, -0.25) is 14.5 Å². The van der Waals surface area contributed by atoms with Gasteiger partial charge in [-0.1, -0.05) is 32.0 Å². The summed E-state index contributed by atoms with van der Waals surface area (Å²) in [5, 5.41) is 15.5. The summed E-state index contributed by atoms with van der Waals surface area (Å²) in [6, 6.07) is 14.5. The van der Waals surface area contributed by atoms with Crippen LogP contribution in [0.3, 0.4) is 0 Å². The van der Waals surface area contributed by atoms with Gasteiger partial charge in [-0.25, -0.2) is 0 Å². The molecule has 29 heavy (non-hydrogen) atoms. The molecule has 0 radical (unpaired) electrons. The van der Waals surface area contributed by atoms with Crippen molar-refractivity contribution in [3.8, 4) is 5.75 Å². The minimum atomic E-state index is -0.114. The van der Waals surface area contributed by atoms with Crippen molar-refractivity contribution in [2.45, 2.75) is 39.3 Å². The van der Waals surface area contributed by atoms with Gasteiger partial charge in [-0.15, -0.1) is 0 Å². The number of nitrogens with one attached hydrogen (secondary N) is 2. The van der Waals surface area contributed by atoms with Gasteiger partial charge in [0, 0.05) is 42.8 Å². The van der Waals surface area contributed by atoms with Crippen LogP contribution in [0.15, 0.2) is 48.5 Å². The molecule has 0 bridgehead atoms. The number of amides is 2. The number of anilines is 1. The summed E-state index contributed by atoms with van der Waals surface area (Å²) < 4.78 is 0. The largest absolute Gasteiger partial charge is 0.508 e. The van der Waals surface area contributed by atoms with Crippen LogP contribution in [0.1, 0.15) is 42.6 Å². The lowest BCUT2D eigenvalue weighted by Crippen LogP contribution is -2.44. The molecule has 0 spiro atoms. The Kier molecular flexibility index (Phi) is 6.88. The summed E-state index contributed by atoms with van der Waals surface area (Å²) in [7, 11) is 0. The van der Waals surface area contributed by atoms with E-state index in [1.807, 2.05) is 26.0 Å². The number of phenols is 1. The van der Waals surface area contributed by atoms with Crippen molar-refractivity contribution in [1.29, 1.82) is 0 Å². The highest BCUT2D eigenvalue weighted by atomic mass is 16.3. The fourth-order valence-electron chi connectivity index (χ4n) is 3.44. The Morgan fingerprint density at radius 3 is 2.52 bits per heavy atom. The zero-order valence-electron chi connectivity index (χ0n) is 17.0. The van der Waals surface area contributed by atoms with Crippen LogP contribution >= 0.6 is 0 Å². The van der Waals surface area contributed by atoms with E-state index in [1.165, 1.54) is 0 Å². The number of piperidine rings is 1. The molecule has 2 aromatic carbocycles. The SMILES string of the molecule is CC(C)C(=O)Nc1cccc(C(=O)NC2CCN(Cc3cccc(O)c3)CC2)c1. The molecule has 3 rings (SSSR count). The van der Waals surface area contributed by atoms with Crippen molar-refractivity contribution in [2.75, 3.05) is 18.4 Å². The van der Waals surface area contributed by atoms with E-state index in [0.717, 1.165) is 38.0 Å². The number of nitrogens with zero attached hydrogens (tertiary/aromatic N) is 1. The van der Waals surface area contributed by atoms with Crippen molar-refractivity contribution >= 4 is 17.5 Å². The summed E-state index contributed by atoms with van der Waals surface area (Å²) >= 11 is 0. The Hall–Kier alpha value is -2.86. The molecule has 1 aliphatic rings. The predicted molar refractivity (Wildman–Crippen MR) is 114 cm³/mol. The van der Waals surface area contributed by atoms with E-state index < -0.39 is 0 Å². The van der Waals surface area contributed by atoms with Gasteiger partial charge in [0.2, 0.25) is 5.91 Å². The number of carbonyl (C=O) groups excluding carboxylic acids is 2. The fraction of sp³-hybridized carbons (Fsp3) is 0.391. The average molecular weight is 396 g/mol. The third kappa shape index (κ3) is 6.06. The molecule has 0 unspecified atom stereocenters. The summed E-state index contributed by atoms with van der Waals surface area (Å²) in [6.07, 6.45) is 1.77. The number of benzene rings is 2. The monoisotopic (exact) mass is 395 g/mol. The van der Waals surface area contributed by atoms with Crippen molar-refractivity contribution in [3.05, 3.63) is 59.7 Å². The Morgan fingerprint density at radius 2 is 1.83 bits per heavy atom. The van der Waals surface area contributed by atoms with E-state index in [4.69, 9.17) is 0 Å². The van der Waals surface area contributed by atoms with Gasteiger partial charge in [0.15, 0.2) is 0 Å². The molecule has 1 heterocycles. The van der Waals surface area contributed by atoms with Crippen molar-refractivity contribution < 1.29 is 14.7 Å². The quantitative estimate of drug-likeness (QED) is 0.700. The lowest BCUT2D eigenvalue weighted by Gasteiger charge is -2.32. The van der Waals surface area contributed by atoms with Crippen LogP contribution in [0.4, 0.5) is 5.69 Å². The summed E-state index contributed by atoms with van der Waals surface area (Å²) in [5.41, 5.74) is 2.28. The van der Waals surface area contributed by atoms with Crippen LogP contribution in [0.2, 0.25) is 0 Å². The molecule has 2 aromatic rings. The number of carbonyl (C=O) groups is 2. The lowest BCUT2D eigenvalue weighted by atomic mass is 10.0. The number of likely N-dealkylation sites (tertiary alicyclic amines) is 1. The standard InChI is InChI=1S/C23H29N3O3/c1-16(2)22(28)25-20-7-4-6-18(14-20)23(29)24-19-9-11-26(12-10-19)15-17-5-3-8-21(27)13-17/h3-8,13-14,16,19,27H,9-12,15H2,1-2H3,(H,24,29)(H,25,28). The molecule has 1 fully saturated rings. The lowest BCUT2D eigenvalue weighted by molar-refractivity contribution is -0.118. The zero-order valence-corrected chi connectivity index (χ0v) is 17.0. The number of hydrogen-bond donors (Lipinski definition) is 3. The van der Waals surface area contributed by atoms with Crippen LogP contribution in [-0.2, 0) is 11.3 Å². The third-order valence-electron chi connectivity index (χ3n) is 5.16. The summed E-state index contributed by atoms with van der Waals surface area (Å²) in [6.45, 7) is 6.25. The van der Waals surface area contributed by atoms with E-state index in [1.54, 1.807) is 36.4 Å². The maximum Gasteiger partial charge on any atom is 0.251 e. The van der Waals surface area contributed by atoms with Crippen molar-refractivity contribution in [3.63, 3.8) is 0 Å². The molecule has 0 atom stereocenters. The Labute approximate surface area is 171 Å². The first-order chi connectivity index (χ1) is 13.9. The molecule has 1 aliphatic heterocycles. The topological polar surface area (TPSA) is 81.7 Å². The minimum Gasteiger partial charge on any atom is -0.508 e. The number of hydrogen-bond acceptors (Lipinski definition) is 4. The molecule has 3 N–H and O–H groups in total. The van der Waals surface area contributed by atoms with Gasteiger partial charge >= 0.3 is 0 Å². The van der Waals surface area contributed by atoms with Crippen LogP contribution in [-0.4, -0.2) is 41.0 Å².